The summed E-state index contributed by atoms with van der Waals surface area (Å²) in [6.45, 7) is 1.23. The number of carboxylic acid groups (broad SMARTS) is 1. The number of carbonyl (C=O) groups excluding carboxylic acids is 3. The SMILES string of the molecule is O=C(O)CCCCCCCCCCCCNc1cccc2c1CN(C1CCC(=O)NC1=O)C2=O. The molecule has 2 heterocycles. The third-order valence-electron chi connectivity index (χ3n) is 6.71. The Labute approximate surface area is 201 Å². The summed E-state index contributed by atoms with van der Waals surface area (Å²) in [7, 11) is 0. The van der Waals surface area contributed by atoms with E-state index >= 15 is 0 Å². The molecule has 0 bridgehead atoms. The zero-order valence-corrected chi connectivity index (χ0v) is 19.9. The molecule has 186 valence electrons. The first kappa shape index (κ1) is 25.7. The Morgan fingerprint density at radius 1 is 0.971 bits per heavy atom. The third-order valence-corrected chi connectivity index (χ3v) is 6.71. The molecular weight excluding hydrogens is 434 g/mol. The fourth-order valence-corrected chi connectivity index (χ4v) is 4.79. The number of piperidine rings is 1. The van der Waals surface area contributed by atoms with Crippen LogP contribution in [0.15, 0.2) is 18.2 Å². The van der Waals surface area contributed by atoms with Gasteiger partial charge in [-0.25, -0.2) is 0 Å². The molecule has 0 saturated carbocycles. The van der Waals surface area contributed by atoms with Gasteiger partial charge < -0.3 is 15.3 Å². The molecule has 1 atom stereocenters. The number of nitrogens with zero attached hydrogens (tertiary/aromatic N) is 1. The number of hydrogen-bond acceptors (Lipinski definition) is 5. The van der Waals surface area contributed by atoms with Crippen molar-refractivity contribution in [2.24, 2.45) is 0 Å². The summed E-state index contributed by atoms with van der Waals surface area (Å²) in [5.41, 5.74) is 2.52. The molecule has 0 aliphatic carbocycles. The van der Waals surface area contributed by atoms with Gasteiger partial charge >= 0.3 is 5.97 Å². The van der Waals surface area contributed by atoms with E-state index in [2.05, 4.69) is 10.6 Å². The van der Waals surface area contributed by atoms with Crippen LogP contribution in [0.4, 0.5) is 5.69 Å². The van der Waals surface area contributed by atoms with Crippen LogP contribution in [0, 0.1) is 0 Å². The van der Waals surface area contributed by atoms with E-state index in [1.54, 1.807) is 11.0 Å². The number of hydrogen-bond donors (Lipinski definition) is 3. The molecule has 3 N–H and O–H groups in total. The van der Waals surface area contributed by atoms with E-state index in [4.69, 9.17) is 5.11 Å². The minimum absolute atomic E-state index is 0.143. The molecule has 34 heavy (non-hydrogen) atoms. The molecule has 0 aromatic heterocycles. The van der Waals surface area contributed by atoms with Crippen molar-refractivity contribution in [1.82, 2.24) is 10.2 Å². The van der Waals surface area contributed by atoms with Crippen LogP contribution in [0.25, 0.3) is 0 Å². The summed E-state index contributed by atoms with van der Waals surface area (Å²) in [6, 6.07) is 5.07. The minimum Gasteiger partial charge on any atom is -0.481 e. The van der Waals surface area contributed by atoms with Gasteiger partial charge in [0.05, 0.1) is 0 Å². The van der Waals surface area contributed by atoms with Crippen LogP contribution in [0.2, 0.25) is 0 Å². The number of nitrogens with one attached hydrogen (secondary N) is 2. The van der Waals surface area contributed by atoms with Crippen molar-refractivity contribution >= 4 is 29.4 Å². The maximum Gasteiger partial charge on any atom is 0.303 e. The van der Waals surface area contributed by atoms with E-state index in [1.165, 1.54) is 32.1 Å². The molecule has 2 aliphatic rings. The second-order valence-corrected chi connectivity index (χ2v) is 9.34. The van der Waals surface area contributed by atoms with E-state index in [-0.39, 0.29) is 30.6 Å². The van der Waals surface area contributed by atoms with Gasteiger partial charge in [0.25, 0.3) is 5.91 Å². The summed E-state index contributed by atoms with van der Waals surface area (Å²) in [4.78, 5) is 48.6. The van der Waals surface area contributed by atoms with Gasteiger partial charge in [0.2, 0.25) is 11.8 Å². The normalized spacial score (nSPS) is 17.6. The standard InChI is InChI=1S/C26H37N3O5/c30-23-16-15-22(25(33)28-23)29-18-20-19(26(29)34)12-11-13-21(20)27-17-10-8-6-4-2-1-3-5-7-9-14-24(31)32/h11-13,22,27H,1-10,14-18H2,(H,31,32)(H,28,30,33). The topological polar surface area (TPSA) is 116 Å². The summed E-state index contributed by atoms with van der Waals surface area (Å²) >= 11 is 0. The summed E-state index contributed by atoms with van der Waals surface area (Å²) in [5.74, 6) is -1.50. The van der Waals surface area contributed by atoms with Crippen LogP contribution in [-0.2, 0) is 20.9 Å². The highest BCUT2D eigenvalue weighted by molar-refractivity contribution is 6.06. The van der Waals surface area contributed by atoms with Crippen molar-refractivity contribution < 1.29 is 24.3 Å². The first-order valence-electron chi connectivity index (χ1n) is 12.7. The van der Waals surface area contributed by atoms with E-state index in [1.807, 2.05) is 12.1 Å². The van der Waals surface area contributed by atoms with Gasteiger partial charge in [-0.1, -0.05) is 57.4 Å². The largest absolute Gasteiger partial charge is 0.481 e. The fraction of sp³-hybridized carbons (Fsp3) is 0.615. The fourth-order valence-electron chi connectivity index (χ4n) is 4.79. The highest BCUT2D eigenvalue weighted by Gasteiger charge is 2.39. The highest BCUT2D eigenvalue weighted by Crippen LogP contribution is 2.32. The van der Waals surface area contributed by atoms with Crippen LogP contribution < -0.4 is 10.6 Å². The molecule has 1 unspecified atom stereocenters. The van der Waals surface area contributed by atoms with Crippen LogP contribution in [0.3, 0.4) is 0 Å². The van der Waals surface area contributed by atoms with Crippen molar-refractivity contribution in [3.8, 4) is 0 Å². The third kappa shape index (κ3) is 7.30. The molecule has 1 fully saturated rings. The first-order chi connectivity index (χ1) is 16.5. The molecule has 0 spiro atoms. The smallest absolute Gasteiger partial charge is 0.303 e. The molecule has 1 saturated heterocycles. The number of fused-ring (bicyclic) bond motifs is 1. The molecule has 2 aliphatic heterocycles. The van der Waals surface area contributed by atoms with E-state index in [0.29, 0.717) is 18.5 Å². The number of aliphatic carboxylic acids is 1. The zero-order chi connectivity index (χ0) is 24.3. The number of imide groups is 1. The van der Waals surface area contributed by atoms with Crippen molar-refractivity contribution in [1.29, 1.82) is 0 Å². The summed E-state index contributed by atoms with van der Waals surface area (Å²) in [5, 5.41) is 14.4. The maximum atomic E-state index is 12.9. The number of amides is 3. The number of carboxylic acids is 1. The lowest BCUT2D eigenvalue weighted by molar-refractivity contribution is -0.138. The Kier molecular flexibility index (Phi) is 9.91. The Hall–Kier alpha value is -2.90. The highest BCUT2D eigenvalue weighted by atomic mass is 16.4. The molecule has 0 radical (unpaired) electrons. The quantitative estimate of drug-likeness (QED) is 0.260. The van der Waals surface area contributed by atoms with Crippen LogP contribution in [-0.4, -0.2) is 46.3 Å². The number of unbranched alkanes of at least 4 members (excludes halogenated alkanes) is 9. The van der Waals surface area contributed by atoms with Crippen LogP contribution in [0.1, 0.15) is 99.4 Å². The molecule has 8 nitrogen and oxygen atoms in total. The monoisotopic (exact) mass is 471 g/mol. The Morgan fingerprint density at radius 3 is 2.26 bits per heavy atom. The van der Waals surface area contributed by atoms with Crippen molar-refractivity contribution in [3.63, 3.8) is 0 Å². The number of anilines is 1. The van der Waals surface area contributed by atoms with E-state index in [0.717, 1.165) is 49.9 Å². The minimum atomic E-state index is -0.700. The molecule has 8 heteroatoms. The molecule has 1 aromatic carbocycles. The molecule has 1 aromatic rings. The van der Waals surface area contributed by atoms with Crippen molar-refractivity contribution in [2.75, 3.05) is 11.9 Å². The Morgan fingerprint density at radius 2 is 1.62 bits per heavy atom. The average Bonchev–Trinajstić information content (AvgIpc) is 3.14. The van der Waals surface area contributed by atoms with E-state index in [9.17, 15) is 19.2 Å². The lowest BCUT2D eigenvalue weighted by Crippen LogP contribution is -2.52. The molecular formula is C26H37N3O5. The second-order valence-electron chi connectivity index (χ2n) is 9.34. The van der Waals surface area contributed by atoms with E-state index < -0.39 is 12.0 Å². The van der Waals surface area contributed by atoms with Crippen molar-refractivity contribution in [2.45, 2.75) is 96.1 Å². The predicted octanol–water partition coefficient (Wildman–Crippen LogP) is 4.24. The zero-order valence-electron chi connectivity index (χ0n) is 19.9. The Balaban J connectivity index is 1.31. The Bertz CT molecular complexity index is 885. The molecule has 3 rings (SSSR count). The van der Waals surface area contributed by atoms with Gasteiger partial charge in [0.1, 0.15) is 6.04 Å². The average molecular weight is 472 g/mol. The van der Waals surface area contributed by atoms with Gasteiger partial charge in [-0.3, -0.25) is 24.5 Å². The van der Waals surface area contributed by atoms with Gasteiger partial charge in [-0.05, 0) is 31.4 Å². The number of carbonyl (C=O) groups is 4. The van der Waals surface area contributed by atoms with Crippen LogP contribution in [0.5, 0.6) is 0 Å². The lowest BCUT2D eigenvalue weighted by Gasteiger charge is -2.29. The summed E-state index contributed by atoms with van der Waals surface area (Å²) in [6.07, 6.45) is 12.1. The van der Waals surface area contributed by atoms with Gasteiger partial charge in [0.15, 0.2) is 0 Å². The first-order valence-corrected chi connectivity index (χ1v) is 12.7. The number of benzene rings is 1. The second kappa shape index (κ2) is 13.1. The van der Waals surface area contributed by atoms with Gasteiger partial charge in [0, 0.05) is 42.7 Å². The lowest BCUT2D eigenvalue weighted by atomic mass is 10.0. The van der Waals surface area contributed by atoms with Gasteiger partial charge in [-0.2, -0.15) is 0 Å². The summed E-state index contributed by atoms with van der Waals surface area (Å²) < 4.78 is 0. The maximum absolute atomic E-state index is 12.9. The number of rotatable bonds is 15. The van der Waals surface area contributed by atoms with Crippen LogP contribution >= 0.6 is 0 Å². The van der Waals surface area contributed by atoms with Gasteiger partial charge in [-0.15, -0.1) is 0 Å². The molecule has 3 amide bonds. The van der Waals surface area contributed by atoms with Crippen molar-refractivity contribution in [3.05, 3.63) is 29.3 Å². The predicted molar refractivity (Wildman–Crippen MR) is 129 cm³/mol.